The number of aromatic nitrogens is 1. The first-order chi connectivity index (χ1) is 6.07. The van der Waals surface area contributed by atoms with Gasteiger partial charge in [-0.05, 0) is 15.9 Å². The molecule has 6 heteroatoms. The normalized spacial score (nSPS) is 10.5. The van der Waals surface area contributed by atoms with Crippen molar-refractivity contribution >= 4 is 15.9 Å². The molecule has 1 heterocycles. The van der Waals surface area contributed by atoms with Gasteiger partial charge in [0.25, 0.3) is 6.43 Å². The molecule has 0 saturated carbocycles. The lowest BCUT2D eigenvalue weighted by atomic mass is 10.2. The van der Waals surface area contributed by atoms with Crippen molar-refractivity contribution in [2.75, 3.05) is 7.11 Å². The van der Waals surface area contributed by atoms with Crippen molar-refractivity contribution < 1.29 is 18.6 Å². The van der Waals surface area contributed by atoms with Gasteiger partial charge in [0.15, 0.2) is 16.1 Å². The molecule has 0 saturated heterocycles. The van der Waals surface area contributed by atoms with Crippen LogP contribution in [0.1, 0.15) is 12.0 Å². The zero-order valence-corrected chi connectivity index (χ0v) is 8.18. The van der Waals surface area contributed by atoms with Gasteiger partial charge in [0.2, 0.25) is 0 Å². The monoisotopic (exact) mass is 253 g/mol. The molecule has 0 amide bonds. The molecule has 0 radical (unpaired) electrons. The summed E-state index contributed by atoms with van der Waals surface area (Å²) in [5.41, 5.74) is -0.428. The molecule has 0 fully saturated rings. The van der Waals surface area contributed by atoms with Crippen molar-refractivity contribution in [1.29, 1.82) is 0 Å². The molecule has 0 atom stereocenters. The summed E-state index contributed by atoms with van der Waals surface area (Å²) in [6.45, 7) is 0. The fourth-order valence-electron chi connectivity index (χ4n) is 0.846. The summed E-state index contributed by atoms with van der Waals surface area (Å²) in [6.07, 6.45) is -1.77. The number of ether oxygens (including phenoxy) is 1. The van der Waals surface area contributed by atoms with Crippen LogP contribution in [0.4, 0.5) is 8.78 Å². The Hall–Kier alpha value is -0.910. The molecule has 0 spiro atoms. The summed E-state index contributed by atoms with van der Waals surface area (Å²) < 4.78 is 29.3. The van der Waals surface area contributed by atoms with Gasteiger partial charge in [-0.3, -0.25) is 0 Å². The molecule has 0 aliphatic carbocycles. The minimum absolute atomic E-state index is 0.0775. The second kappa shape index (κ2) is 3.87. The summed E-state index contributed by atoms with van der Waals surface area (Å²) in [7, 11) is 1.20. The van der Waals surface area contributed by atoms with Gasteiger partial charge >= 0.3 is 0 Å². The Kier molecular flexibility index (Phi) is 3.02. The summed E-state index contributed by atoms with van der Waals surface area (Å²) in [5, 5.41) is 9.26. The Morgan fingerprint density at radius 1 is 1.62 bits per heavy atom. The van der Waals surface area contributed by atoms with Crippen molar-refractivity contribution in [1.82, 2.24) is 4.98 Å². The fraction of sp³-hybridized carbons (Fsp3) is 0.286. The molecule has 1 aromatic heterocycles. The minimum Gasteiger partial charge on any atom is -0.502 e. The summed E-state index contributed by atoms with van der Waals surface area (Å²) in [6, 6.07) is 0. The average molecular weight is 254 g/mol. The number of alkyl halides is 2. The van der Waals surface area contributed by atoms with Gasteiger partial charge in [-0.15, -0.1) is 0 Å². The maximum atomic E-state index is 12.3. The molecule has 0 bridgehead atoms. The van der Waals surface area contributed by atoms with Gasteiger partial charge < -0.3 is 9.84 Å². The molecule has 0 aliphatic rings. The first-order valence-corrected chi connectivity index (χ1v) is 4.06. The SMILES string of the molecule is COc1c(C(F)F)cnc(Br)c1O. The number of pyridine rings is 1. The average Bonchev–Trinajstić information content (AvgIpc) is 2.09. The first-order valence-electron chi connectivity index (χ1n) is 3.27. The zero-order chi connectivity index (χ0) is 10.0. The Morgan fingerprint density at radius 2 is 2.23 bits per heavy atom. The predicted octanol–water partition coefficient (Wildman–Crippen LogP) is 2.50. The summed E-state index contributed by atoms with van der Waals surface area (Å²) in [4.78, 5) is 3.52. The second-order valence-electron chi connectivity index (χ2n) is 2.19. The van der Waals surface area contributed by atoms with Crippen LogP contribution in [-0.4, -0.2) is 17.2 Å². The molecule has 1 aromatic rings. The largest absolute Gasteiger partial charge is 0.502 e. The third-order valence-electron chi connectivity index (χ3n) is 1.43. The fourth-order valence-corrected chi connectivity index (χ4v) is 1.13. The quantitative estimate of drug-likeness (QED) is 0.824. The highest BCUT2D eigenvalue weighted by atomic mass is 79.9. The summed E-state index contributed by atoms with van der Waals surface area (Å²) in [5.74, 6) is -0.669. The van der Waals surface area contributed by atoms with E-state index in [9.17, 15) is 13.9 Å². The first kappa shape index (κ1) is 10.2. The van der Waals surface area contributed by atoms with Crippen LogP contribution in [0.3, 0.4) is 0 Å². The number of hydrogen-bond donors (Lipinski definition) is 1. The molecule has 13 heavy (non-hydrogen) atoms. The minimum atomic E-state index is -2.72. The number of rotatable bonds is 2. The van der Waals surface area contributed by atoms with E-state index in [2.05, 4.69) is 25.7 Å². The third-order valence-corrected chi connectivity index (χ3v) is 2.01. The van der Waals surface area contributed by atoms with Crippen molar-refractivity contribution in [2.24, 2.45) is 0 Å². The lowest BCUT2D eigenvalue weighted by Crippen LogP contribution is -1.95. The lowest BCUT2D eigenvalue weighted by Gasteiger charge is -2.09. The van der Waals surface area contributed by atoms with Crippen molar-refractivity contribution in [3.63, 3.8) is 0 Å². The topological polar surface area (TPSA) is 42.4 Å². The molecule has 0 aromatic carbocycles. The Morgan fingerprint density at radius 3 is 2.69 bits per heavy atom. The van der Waals surface area contributed by atoms with Gasteiger partial charge in [0.05, 0.1) is 12.7 Å². The Labute approximate surface area is 81.5 Å². The summed E-state index contributed by atoms with van der Waals surface area (Å²) >= 11 is 2.88. The van der Waals surface area contributed by atoms with Crippen LogP contribution in [-0.2, 0) is 0 Å². The van der Waals surface area contributed by atoms with Crippen molar-refractivity contribution in [3.8, 4) is 11.5 Å². The van der Waals surface area contributed by atoms with Crippen LogP contribution in [0.25, 0.3) is 0 Å². The molecule has 72 valence electrons. The van der Waals surface area contributed by atoms with E-state index >= 15 is 0 Å². The number of aromatic hydroxyl groups is 1. The molecule has 1 rings (SSSR count). The molecule has 3 nitrogen and oxygen atoms in total. The third kappa shape index (κ3) is 1.88. The number of nitrogens with zero attached hydrogens (tertiary/aromatic N) is 1. The molecule has 1 N–H and O–H groups in total. The van der Waals surface area contributed by atoms with Crippen LogP contribution in [0.2, 0.25) is 0 Å². The number of methoxy groups -OCH3 is 1. The van der Waals surface area contributed by atoms with Crippen molar-refractivity contribution in [2.45, 2.75) is 6.43 Å². The Balaban J connectivity index is 3.30. The maximum absolute atomic E-state index is 12.3. The van der Waals surface area contributed by atoms with E-state index in [1.54, 1.807) is 0 Å². The van der Waals surface area contributed by atoms with E-state index in [1.807, 2.05) is 0 Å². The van der Waals surface area contributed by atoms with Gasteiger partial charge in [-0.25, -0.2) is 13.8 Å². The standard InChI is InChI=1S/C7H6BrF2NO2/c1-13-5-3(7(9)10)2-11-6(8)4(5)12/h2,7,12H,1H3. The van der Waals surface area contributed by atoms with Crippen LogP contribution in [0, 0.1) is 0 Å². The highest BCUT2D eigenvalue weighted by Gasteiger charge is 2.19. The van der Waals surface area contributed by atoms with Gasteiger partial charge in [-0.1, -0.05) is 0 Å². The van der Waals surface area contributed by atoms with Crippen LogP contribution in [0.15, 0.2) is 10.8 Å². The molecule has 0 aliphatic heterocycles. The predicted molar refractivity (Wildman–Crippen MR) is 45.1 cm³/mol. The van der Waals surface area contributed by atoms with E-state index < -0.39 is 17.7 Å². The second-order valence-corrected chi connectivity index (χ2v) is 2.94. The zero-order valence-electron chi connectivity index (χ0n) is 6.59. The highest BCUT2D eigenvalue weighted by Crippen LogP contribution is 2.39. The van der Waals surface area contributed by atoms with Gasteiger partial charge in [-0.2, -0.15) is 0 Å². The van der Waals surface area contributed by atoms with Crippen LogP contribution < -0.4 is 4.74 Å². The maximum Gasteiger partial charge on any atom is 0.269 e. The smallest absolute Gasteiger partial charge is 0.269 e. The highest BCUT2D eigenvalue weighted by molar-refractivity contribution is 9.10. The molecular formula is C7H6BrF2NO2. The van der Waals surface area contributed by atoms with E-state index in [4.69, 9.17) is 0 Å². The van der Waals surface area contributed by atoms with Crippen molar-refractivity contribution in [3.05, 3.63) is 16.4 Å². The molecule has 0 unspecified atom stereocenters. The Bertz CT molecular complexity index is 320. The number of hydrogen-bond acceptors (Lipinski definition) is 3. The van der Waals surface area contributed by atoms with E-state index in [0.29, 0.717) is 0 Å². The van der Waals surface area contributed by atoms with E-state index in [-0.39, 0.29) is 10.4 Å². The van der Waals surface area contributed by atoms with Gasteiger partial charge in [0.1, 0.15) is 0 Å². The lowest BCUT2D eigenvalue weighted by molar-refractivity contribution is 0.145. The van der Waals surface area contributed by atoms with E-state index in [0.717, 1.165) is 6.20 Å². The van der Waals surface area contributed by atoms with Gasteiger partial charge in [0, 0.05) is 6.20 Å². The van der Waals surface area contributed by atoms with E-state index in [1.165, 1.54) is 7.11 Å². The van der Waals surface area contributed by atoms with Crippen LogP contribution in [0.5, 0.6) is 11.5 Å². The van der Waals surface area contributed by atoms with Crippen LogP contribution >= 0.6 is 15.9 Å². The molecular weight excluding hydrogens is 248 g/mol. The number of halogens is 3.